The smallest absolute Gasteiger partial charge is 2.00 e. The molecule has 0 saturated carbocycles. The molecule has 0 saturated heterocycles. The first-order chi connectivity index (χ1) is 6.00. The quantitative estimate of drug-likeness (QED) is 0.641. The normalized spacial score (nSPS) is 10.6. The van der Waals surface area contributed by atoms with Crippen molar-refractivity contribution in [3.05, 3.63) is 0 Å². The summed E-state index contributed by atoms with van der Waals surface area (Å²) >= 11 is 0. The minimum atomic E-state index is -0.750. The van der Waals surface area contributed by atoms with E-state index in [9.17, 15) is 15.3 Å². The number of rotatable bonds is 0. The Morgan fingerprint density at radius 1 is 0.471 bits per heavy atom. The Kier molecular flexibility index (Phi) is 20.6. The molecule has 0 unspecified atom stereocenters. The van der Waals surface area contributed by atoms with Crippen molar-refractivity contribution in [1.82, 2.24) is 0 Å². The summed E-state index contributed by atoms with van der Waals surface area (Å²) in [6.07, 6.45) is 0. The van der Waals surface area contributed by atoms with Crippen LogP contribution in [0.25, 0.3) is 0 Å². The molecule has 0 aromatic carbocycles. The predicted molar refractivity (Wildman–Crippen MR) is 59.9 cm³/mol. The van der Waals surface area contributed by atoms with Gasteiger partial charge in [0.2, 0.25) is 0 Å². The second-order valence-corrected chi connectivity index (χ2v) is 6.34. The van der Waals surface area contributed by atoms with E-state index in [4.69, 9.17) is 0 Å². The molecule has 0 radical (unpaired) electrons. The van der Waals surface area contributed by atoms with Crippen LogP contribution in [-0.4, -0.2) is 16.8 Å². The third-order valence-electron chi connectivity index (χ3n) is 0. The van der Waals surface area contributed by atoms with Gasteiger partial charge in [-0.15, -0.1) is 16.8 Å². The van der Waals surface area contributed by atoms with Crippen LogP contribution in [-0.2, 0) is 24.0 Å². The van der Waals surface area contributed by atoms with E-state index in [1.165, 1.54) is 0 Å². The van der Waals surface area contributed by atoms with Gasteiger partial charge in [0.05, 0.1) is 0 Å². The van der Waals surface area contributed by atoms with Crippen LogP contribution in [0.3, 0.4) is 0 Å². The molecule has 5 heteroatoms. The van der Waals surface area contributed by atoms with Gasteiger partial charge in [-0.05, 0) is 0 Å². The van der Waals surface area contributed by atoms with E-state index in [1.807, 2.05) is 0 Å². The Morgan fingerprint density at radius 3 is 0.471 bits per heavy atom. The zero-order chi connectivity index (χ0) is 13.5. The zero-order valence-corrected chi connectivity index (χ0v) is 14.0. The molecule has 0 rings (SSSR count). The summed E-state index contributed by atoms with van der Waals surface area (Å²) in [6, 6.07) is 0. The fourth-order valence-corrected chi connectivity index (χ4v) is 0. The molecule has 0 atom stereocenters. The van der Waals surface area contributed by atoms with Gasteiger partial charge < -0.3 is 20.8 Å². The molecule has 0 aromatic rings. The Labute approximate surface area is 119 Å². The van der Waals surface area contributed by atoms with E-state index in [1.54, 1.807) is 62.3 Å². The summed E-state index contributed by atoms with van der Waals surface area (Å²) < 4.78 is 0. The van der Waals surface area contributed by atoms with Gasteiger partial charge in [0, 0.05) is 0 Å². The average Bonchev–Trinajstić information content (AvgIpc) is 1.41. The molecule has 4 nitrogen and oxygen atoms in total. The van der Waals surface area contributed by atoms with E-state index in [0.717, 1.165) is 0 Å². The van der Waals surface area contributed by atoms with Crippen LogP contribution in [0.5, 0.6) is 0 Å². The average molecular weight is 286 g/mol. The maximum absolute atomic E-state index is 10.1. The molecular weight excluding hydrogens is 259 g/mol. The molecule has 104 valence electrons. The largest absolute Gasteiger partial charge is 5.00 e. The number of hydrogen-bond acceptors (Lipinski definition) is 3. The zero-order valence-electron chi connectivity index (χ0n) is 12.6. The predicted octanol–water partition coefficient (Wildman–Crippen LogP) is 0.314. The Morgan fingerprint density at radius 2 is 0.471 bits per heavy atom. The molecule has 0 N–H and O–H groups in total. The van der Waals surface area contributed by atoms with Crippen molar-refractivity contribution in [2.45, 2.75) is 79.1 Å². The third-order valence-corrected chi connectivity index (χ3v) is 0. The van der Waals surface area contributed by atoms with Crippen LogP contribution in [0, 0.1) is 0 Å². The summed E-state index contributed by atoms with van der Waals surface area (Å²) in [5.41, 5.74) is -2.25. The van der Waals surface area contributed by atoms with Gasteiger partial charge in [-0.1, -0.05) is 62.3 Å². The molecule has 0 aromatic heterocycles. The first-order valence-corrected chi connectivity index (χ1v) is 5.11. The topological polar surface area (TPSA) is 97.7 Å². The van der Waals surface area contributed by atoms with Crippen molar-refractivity contribution >= 4 is 0 Å². The van der Waals surface area contributed by atoms with E-state index >= 15 is 0 Å². The van der Waals surface area contributed by atoms with Gasteiger partial charge in [-0.2, -0.15) is 0 Å². The number of hydrogen-bond donors (Lipinski definition) is 0. The molecular formula is C12H27O4V. The van der Waals surface area contributed by atoms with Crippen molar-refractivity contribution in [2.75, 3.05) is 0 Å². The third kappa shape index (κ3) is 19000. The van der Waals surface area contributed by atoms with Gasteiger partial charge in [0.15, 0.2) is 0 Å². The van der Waals surface area contributed by atoms with Gasteiger partial charge in [0.1, 0.15) is 0 Å². The molecule has 0 aliphatic rings. The second-order valence-electron chi connectivity index (χ2n) is 6.34. The summed E-state index contributed by atoms with van der Waals surface area (Å²) in [5.74, 6) is 0. The van der Waals surface area contributed by atoms with Crippen molar-refractivity contribution in [3.63, 3.8) is 0 Å². The minimum absolute atomic E-state index is 0. The summed E-state index contributed by atoms with van der Waals surface area (Å²) in [5, 5.41) is 30.3. The van der Waals surface area contributed by atoms with Crippen LogP contribution in [0.1, 0.15) is 62.3 Å². The van der Waals surface area contributed by atoms with Gasteiger partial charge in [-0.25, -0.2) is 0 Å². The second kappa shape index (κ2) is 11.5. The Balaban J connectivity index is -0.0000000400. The van der Waals surface area contributed by atoms with E-state index in [2.05, 4.69) is 0 Å². The van der Waals surface area contributed by atoms with Gasteiger partial charge >= 0.3 is 18.6 Å². The van der Waals surface area contributed by atoms with E-state index in [-0.39, 0.29) is 24.0 Å². The van der Waals surface area contributed by atoms with Crippen molar-refractivity contribution in [3.8, 4) is 0 Å². The summed E-state index contributed by atoms with van der Waals surface area (Å²) in [7, 11) is 0. The summed E-state index contributed by atoms with van der Waals surface area (Å²) in [4.78, 5) is 0. The first-order valence-electron chi connectivity index (χ1n) is 5.11. The Bertz CT molecular complexity index is 93.5. The molecule has 0 aliphatic heterocycles. The molecule has 0 aliphatic carbocycles. The van der Waals surface area contributed by atoms with Gasteiger partial charge in [-0.3, -0.25) is 0 Å². The van der Waals surface area contributed by atoms with Crippen LogP contribution >= 0.6 is 0 Å². The molecule has 0 heterocycles. The summed E-state index contributed by atoms with van der Waals surface area (Å²) in [6.45, 7) is 14.7. The first kappa shape index (κ1) is 30.4. The molecule has 0 bridgehead atoms. The SMILES string of the molecule is CC(C)(C)[O-].CC(C)(C)[O-].CC(C)(C)[O-].[O-2].[V+5]. The fourth-order valence-electron chi connectivity index (χ4n) is 0. The van der Waals surface area contributed by atoms with E-state index < -0.39 is 16.8 Å². The van der Waals surface area contributed by atoms with Crippen molar-refractivity contribution < 1.29 is 39.4 Å². The van der Waals surface area contributed by atoms with Gasteiger partial charge in [0.25, 0.3) is 0 Å². The van der Waals surface area contributed by atoms with Crippen LogP contribution in [0.4, 0.5) is 0 Å². The molecule has 17 heavy (non-hydrogen) atoms. The molecule has 0 spiro atoms. The standard InChI is InChI=1S/3C4H9O.O.V/c3*1-4(2,3)5;;/h3*1-3H3;;/q3*-1;-2;+5. The molecule has 0 amide bonds. The fraction of sp³-hybridized carbons (Fsp3) is 1.00. The van der Waals surface area contributed by atoms with Crippen LogP contribution in [0.2, 0.25) is 0 Å². The van der Waals surface area contributed by atoms with E-state index in [0.29, 0.717) is 0 Å². The minimum Gasteiger partial charge on any atom is -2.00 e. The maximum Gasteiger partial charge on any atom is 5.00 e. The Hall–Kier alpha value is 0.424. The van der Waals surface area contributed by atoms with Crippen LogP contribution < -0.4 is 15.3 Å². The maximum atomic E-state index is 10.1. The van der Waals surface area contributed by atoms with Crippen LogP contribution in [0.15, 0.2) is 0 Å². The van der Waals surface area contributed by atoms with Crippen molar-refractivity contribution in [1.29, 1.82) is 0 Å². The van der Waals surface area contributed by atoms with Crippen molar-refractivity contribution in [2.24, 2.45) is 0 Å². The molecule has 0 fully saturated rings. The monoisotopic (exact) mass is 286 g/mol.